The summed E-state index contributed by atoms with van der Waals surface area (Å²) in [5.41, 5.74) is 2.52. The molecule has 0 amide bonds. The summed E-state index contributed by atoms with van der Waals surface area (Å²) in [6.45, 7) is 1.96. The van der Waals surface area contributed by atoms with E-state index in [1.54, 1.807) is 6.07 Å². The van der Waals surface area contributed by atoms with Crippen molar-refractivity contribution in [3.05, 3.63) is 28.3 Å². The lowest BCUT2D eigenvalue weighted by Crippen LogP contribution is -2.34. The molecular weight excluding hydrogens is 274 g/mol. The molecule has 3 nitrogen and oxygen atoms in total. The van der Waals surface area contributed by atoms with Crippen LogP contribution in [0.15, 0.2) is 12.1 Å². The Morgan fingerprint density at radius 1 is 1.30 bits per heavy atom. The van der Waals surface area contributed by atoms with Gasteiger partial charge in [-0.15, -0.1) is 0 Å². The summed E-state index contributed by atoms with van der Waals surface area (Å²) in [5, 5.41) is 0.577. The Hall–Kier alpha value is -1.22. The molecular formula is C16H22ClNO2. The lowest BCUT2D eigenvalue weighted by molar-refractivity contribution is 0.0600. The number of hydrogen-bond donors (Lipinski definition) is 0. The second kappa shape index (κ2) is 6.49. The molecule has 0 spiro atoms. The second-order valence-corrected chi connectivity index (χ2v) is 5.93. The summed E-state index contributed by atoms with van der Waals surface area (Å²) in [7, 11) is 3.49. The maximum Gasteiger partial charge on any atom is 0.338 e. The van der Waals surface area contributed by atoms with Crippen molar-refractivity contribution < 1.29 is 9.53 Å². The molecule has 110 valence electrons. The molecule has 0 bridgehead atoms. The fourth-order valence-corrected chi connectivity index (χ4v) is 3.23. The Balaban J connectivity index is 2.35. The van der Waals surface area contributed by atoms with Gasteiger partial charge in [0.25, 0.3) is 0 Å². The molecule has 1 aromatic rings. The Labute approximate surface area is 125 Å². The van der Waals surface area contributed by atoms with E-state index in [9.17, 15) is 4.79 Å². The van der Waals surface area contributed by atoms with Crippen LogP contribution >= 0.6 is 11.6 Å². The quantitative estimate of drug-likeness (QED) is 0.783. The first kappa shape index (κ1) is 15.2. The minimum atomic E-state index is -0.330. The largest absolute Gasteiger partial charge is 0.465 e. The molecule has 1 fully saturated rings. The number of anilines is 1. The van der Waals surface area contributed by atoms with E-state index in [4.69, 9.17) is 16.3 Å². The molecule has 0 aromatic heterocycles. The monoisotopic (exact) mass is 295 g/mol. The molecule has 4 heteroatoms. The van der Waals surface area contributed by atoms with Crippen molar-refractivity contribution >= 4 is 23.3 Å². The number of methoxy groups -OCH3 is 1. The molecule has 0 heterocycles. The number of carbonyl (C=O) groups excluding carboxylic acids is 1. The number of rotatable bonds is 3. The Kier molecular flexibility index (Phi) is 4.92. The van der Waals surface area contributed by atoms with E-state index in [1.807, 2.05) is 13.0 Å². The average Bonchev–Trinajstić information content (AvgIpc) is 2.48. The minimum Gasteiger partial charge on any atom is -0.465 e. The summed E-state index contributed by atoms with van der Waals surface area (Å²) in [4.78, 5) is 14.1. The van der Waals surface area contributed by atoms with Crippen LogP contribution < -0.4 is 4.90 Å². The highest BCUT2D eigenvalue weighted by Gasteiger charge is 2.22. The number of benzene rings is 1. The lowest BCUT2D eigenvalue weighted by Gasteiger charge is -2.34. The molecule has 2 rings (SSSR count). The van der Waals surface area contributed by atoms with Gasteiger partial charge in [-0.25, -0.2) is 4.79 Å². The zero-order valence-corrected chi connectivity index (χ0v) is 13.2. The SMILES string of the molecule is COC(=O)c1cc(Cl)cc(N(C)C2CCCCC2)c1C. The van der Waals surface area contributed by atoms with Crippen LogP contribution in [0.3, 0.4) is 0 Å². The zero-order chi connectivity index (χ0) is 14.7. The van der Waals surface area contributed by atoms with Crippen LogP contribution in [0.4, 0.5) is 5.69 Å². The summed E-state index contributed by atoms with van der Waals surface area (Å²) in [5.74, 6) is -0.330. The maximum absolute atomic E-state index is 11.8. The summed E-state index contributed by atoms with van der Waals surface area (Å²) in [6.07, 6.45) is 6.29. The molecule has 1 aliphatic carbocycles. The van der Waals surface area contributed by atoms with Crippen LogP contribution in [0, 0.1) is 6.92 Å². The van der Waals surface area contributed by atoms with Gasteiger partial charge in [-0.1, -0.05) is 30.9 Å². The van der Waals surface area contributed by atoms with Gasteiger partial charge in [-0.2, -0.15) is 0 Å². The first-order valence-electron chi connectivity index (χ1n) is 7.16. The van der Waals surface area contributed by atoms with Crippen LogP contribution in [0.5, 0.6) is 0 Å². The molecule has 20 heavy (non-hydrogen) atoms. The third-order valence-electron chi connectivity index (χ3n) is 4.25. The van der Waals surface area contributed by atoms with Crippen molar-refractivity contribution in [3.63, 3.8) is 0 Å². The maximum atomic E-state index is 11.8. The Bertz CT molecular complexity index is 495. The number of esters is 1. The fourth-order valence-electron chi connectivity index (χ4n) is 3.02. The summed E-state index contributed by atoms with van der Waals surface area (Å²) >= 11 is 6.17. The van der Waals surface area contributed by atoms with Crippen molar-refractivity contribution in [1.29, 1.82) is 0 Å². The fraction of sp³-hybridized carbons (Fsp3) is 0.562. The number of halogens is 1. The summed E-state index contributed by atoms with van der Waals surface area (Å²) < 4.78 is 4.84. The van der Waals surface area contributed by atoms with Gasteiger partial charge in [0.05, 0.1) is 12.7 Å². The molecule has 1 saturated carbocycles. The van der Waals surface area contributed by atoms with Gasteiger partial charge in [0, 0.05) is 23.8 Å². The van der Waals surface area contributed by atoms with Crippen molar-refractivity contribution in [3.8, 4) is 0 Å². The van der Waals surface area contributed by atoms with Crippen LogP contribution in [0.1, 0.15) is 48.0 Å². The van der Waals surface area contributed by atoms with E-state index in [2.05, 4.69) is 11.9 Å². The van der Waals surface area contributed by atoms with E-state index in [0.29, 0.717) is 16.6 Å². The number of hydrogen-bond acceptors (Lipinski definition) is 3. The first-order chi connectivity index (χ1) is 9.54. The molecule has 0 atom stereocenters. The third kappa shape index (κ3) is 3.09. The highest BCUT2D eigenvalue weighted by molar-refractivity contribution is 6.31. The average molecular weight is 296 g/mol. The van der Waals surface area contributed by atoms with Crippen LogP contribution in [0.2, 0.25) is 5.02 Å². The van der Waals surface area contributed by atoms with E-state index in [0.717, 1.165) is 11.3 Å². The predicted octanol–water partition coefficient (Wildman–Crippen LogP) is 4.20. The molecule has 1 aliphatic rings. The lowest BCUT2D eigenvalue weighted by atomic mass is 9.93. The third-order valence-corrected chi connectivity index (χ3v) is 4.47. The van der Waals surface area contributed by atoms with Gasteiger partial charge in [0.2, 0.25) is 0 Å². The van der Waals surface area contributed by atoms with E-state index in [1.165, 1.54) is 39.2 Å². The Morgan fingerprint density at radius 2 is 1.95 bits per heavy atom. The zero-order valence-electron chi connectivity index (χ0n) is 12.4. The van der Waals surface area contributed by atoms with Crippen molar-refractivity contribution in [2.75, 3.05) is 19.1 Å². The second-order valence-electron chi connectivity index (χ2n) is 5.49. The van der Waals surface area contributed by atoms with E-state index < -0.39 is 0 Å². The van der Waals surface area contributed by atoms with Gasteiger partial charge in [-0.05, 0) is 37.5 Å². The van der Waals surface area contributed by atoms with Crippen molar-refractivity contribution in [2.45, 2.75) is 45.1 Å². The van der Waals surface area contributed by atoms with E-state index in [-0.39, 0.29) is 5.97 Å². The van der Waals surface area contributed by atoms with Crippen LogP contribution in [-0.4, -0.2) is 26.2 Å². The number of nitrogens with zero attached hydrogens (tertiary/aromatic N) is 1. The normalized spacial score (nSPS) is 16.0. The smallest absolute Gasteiger partial charge is 0.338 e. The van der Waals surface area contributed by atoms with Gasteiger partial charge in [0.1, 0.15) is 0 Å². The molecule has 0 radical (unpaired) electrons. The van der Waals surface area contributed by atoms with Crippen LogP contribution in [-0.2, 0) is 4.74 Å². The highest BCUT2D eigenvalue weighted by Crippen LogP contribution is 2.32. The molecule has 0 unspecified atom stereocenters. The van der Waals surface area contributed by atoms with Gasteiger partial charge in [0.15, 0.2) is 0 Å². The summed E-state index contributed by atoms with van der Waals surface area (Å²) in [6, 6.07) is 4.16. The molecule has 1 aromatic carbocycles. The molecule has 0 saturated heterocycles. The predicted molar refractivity (Wildman–Crippen MR) is 82.8 cm³/mol. The first-order valence-corrected chi connectivity index (χ1v) is 7.53. The van der Waals surface area contributed by atoms with Crippen molar-refractivity contribution in [1.82, 2.24) is 0 Å². The molecule has 0 N–H and O–H groups in total. The molecule has 0 aliphatic heterocycles. The van der Waals surface area contributed by atoms with E-state index >= 15 is 0 Å². The van der Waals surface area contributed by atoms with Gasteiger partial charge >= 0.3 is 5.97 Å². The number of carbonyl (C=O) groups is 1. The van der Waals surface area contributed by atoms with Crippen LogP contribution in [0.25, 0.3) is 0 Å². The number of ether oxygens (including phenoxy) is 1. The topological polar surface area (TPSA) is 29.5 Å². The standard InChI is InChI=1S/C16H22ClNO2/c1-11-14(16(19)20-3)9-12(17)10-15(11)18(2)13-7-5-4-6-8-13/h9-10,13H,4-8H2,1-3H3. The highest BCUT2D eigenvalue weighted by atomic mass is 35.5. The minimum absolute atomic E-state index is 0.330. The van der Waals surface area contributed by atoms with Gasteiger partial charge < -0.3 is 9.64 Å². The Morgan fingerprint density at radius 3 is 2.55 bits per heavy atom. The van der Waals surface area contributed by atoms with Crippen molar-refractivity contribution in [2.24, 2.45) is 0 Å². The van der Waals surface area contributed by atoms with Gasteiger partial charge in [-0.3, -0.25) is 0 Å².